The van der Waals surface area contributed by atoms with Crippen molar-refractivity contribution in [2.24, 2.45) is 0 Å². The number of hydrogen-bond acceptors (Lipinski definition) is 2. The van der Waals surface area contributed by atoms with Crippen molar-refractivity contribution in [1.29, 1.82) is 0 Å². The normalized spacial score (nSPS) is 23.4. The SMILES string of the molecule is CN(C)[C@H]1CCCC[C@@H]1NC(=O)c1ccc(Br)cc1. The second-order valence-electron chi connectivity index (χ2n) is 5.40. The predicted molar refractivity (Wildman–Crippen MR) is 81.3 cm³/mol. The van der Waals surface area contributed by atoms with E-state index >= 15 is 0 Å². The first-order valence-electron chi connectivity index (χ1n) is 6.81. The van der Waals surface area contributed by atoms with Crippen LogP contribution >= 0.6 is 15.9 Å². The molecule has 0 aromatic heterocycles. The van der Waals surface area contributed by atoms with Crippen LogP contribution < -0.4 is 5.32 Å². The molecule has 2 rings (SSSR count). The Kier molecular flexibility index (Phi) is 4.99. The number of nitrogens with zero attached hydrogens (tertiary/aromatic N) is 1. The Morgan fingerprint density at radius 1 is 1.21 bits per heavy atom. The van der Waals surface area contributed by atoms with Crippen molar-refractivity contribution in [2.75, 3.05) is 14.1 Å². The van der Waals surface area contributed by atoms with Crippen LogP contribution in [-0.2, 0) is 0 Å². The third-order valence-electron chi connectivity index (χ3n) is 3.82. The Labute approximate surface area is 123 Å². The molecule has 0 bridgehead atoms. The van der Waals surface area contributed by atoms with Gasteiger partial charge in [-0.1, -0.05) is 28.8 Å². The molecular formula is C15H21BrN2O. The molecule has 19 heavy (non-hydrogen) atoms. The monoisotopic (exact) mass is 324 g/mol. The second kappa shape index (κ2) is 6.53. The first-order chi connectivity index (χ1) is 9.08. The predicted octanol–water partition coefficient (Wildman–Crippen LogP) is 3.05. The number of benzene rings is 1. The topological polar surface area (TPSA) is 32.3 Å². The van der Waals surface area contributed by atoms with Gasteiger partial charge in [0.15, 0.2) is 0 Å². The number of nitrogens with one attached hydrogen (secondary N) is 1. The molecule has 0 saturated heterocycles. The molecule has 4 heteroatoms. The molecule has 0 radical (unpaired) electrons. The Hall–Kier alpha value is -0.870. The summed E-state index contributed by atoms with van der Waals surface area (Å²) in [5, 5.41) is 3.19. The van der Waals surface area contributed by atoms with E-state index in [-0.39, 0.29) is 11.9 Å². The van der Waals surface area contributed by atoms with Crippen LogP contribution in [0.3, 0.4) is 0 Å². The fourth-order valence-electron chi connectivity index (χ4n) is 2.75. The standard InChI is InChI=1S/C15H21BrN2O/c1-18(2)14-6-4-3-5-13(14)17-15(19)11-7-9-12(16)10-8-11/h7-10,13-14H,3-6H2,1-2H3,(H,17,19)/t13-,14-/m0/s1. The largest absolute Gasteiger partial charge is 0.348 e. The van der Waals surface area contributed by atoms with Crippen LogP contribution in [0.2, 0.25) is 0 Å². The molecule has 3 nitrogen and oxygen atoms in total. The fraction of sp³-hybridized carbons (Fsp3) is 0.533. The first kappa shape index (κ1) is 14.5. The Bertz CT molecular complexity index is 430. The molecule has 0 heterocycles. The van der Waals surface area contributed by atoms with Crippen LogP contribution in [0, 0.1) is 0 Å². The maximum atomic E-state index is 12.2. The molecule has 1 aliphatic rings. The minimum atomic E-state index is 0.0336. The van der Waals surface area contributed by atoms with Crippen LogP contribution in [0.15, 0.2) is 28.7 Å². The first-order valence-corrected chi connectivity index (χ1v) is 7.60. The van der Waals surface area contributed by atoms with Gasteiger partial charge in [0, 0.05) is 22.1 Å². The van der Waals surface area contributed by atoms with Crippen LogP contribution in [0.25, 0.3) is 0 Å². The van der Waals surface area contributed by atoms with Crippen molar-refractivity contribution < 1.29 is 4.79 Å². The van der Waals surface area contributed by atoms with Crippen molar-refractivity contribution >= 4 is 21.8 Å². The van der Waals surface area contributed by atoms with Gasteiger partial charge in [0.1, 0.15) is 0 Å². The lowest BCUT2D eigenvalue weighted by molar-refractivity contribution is 0.0883. The summed E-state index contributed by atoms with van der Waals surface area (Å²) in [6.07, 6.45) is 4.70. The zero-order chi connectivity index (χ0) is 13.8. The number of likely N-dealkylation sites (N-methyl/N-ethyl adjacent to an activating group) is 1. The number of carbonyl (C=O) groups is 1. The van der Waals surface area contributed by atoms with Gasteiger partial charge in [-0.05, 0) is 51.2 Å². The van der Waals surface area contributed by atoms with E-state index in [2.05, 4.69) is 40.2 Å². The summed E-state index contributed by atoms with van der Waals surface area (Å²) in [5.41, 5.74) is 0.728. The number of carbonyl (C=O) groups excluding carboxylic acids is 1. The number of hydrogen-bond donors (Lipinski definition) is 1. The van der Waals surface area contributed by atoms with E-state index in [0.29, 0.717) is 6.04 Å². The third kappa shape index (κ3) is 3.80. The van der Waals surface area contributed by atoms with Gasteiger partial charge in [0.25, 0.3) is 5.91 Å². The highest BCUT2D eigenvalue weighted by molar-refractivity contribution is 9.10. The average molecular weight is 325 g/mol. The molecule has 1 aromatic rings. The molecule has 1 saturated carbocycles. The molecule has 1 fully saturated rings. The van der Waals surface area contributed by atoms with Gasteiger partial charge in [-0.3, -0.25) is 4.79 Å². The van der Waals surface area contributed by atoms with Gasteiger partial charge in [-0.25, -0.2) is 0 Å². The van der Waals surface area contributed by atoms with Crippen LogP contribution in [0.4, 0.5) is 0 Å². The summed E-state index contributed by atoms with van der Waals surface area (Å²) in [7, 11) is 4.18. The molecule has 1 aliphatic carbocycles. The Morgan fingerprint density at radius 3 is 2.47 bits per heavy atom. The van der Waals surface area contributed by atoms with Gasteiger partial charge in [-0.2, -0.15) is 0 Å². The molecule has 1 amide bonds. The minimum absolute atomic E-state index is 0.0336. The molecule has 0 unspecified atom stereocenters. The van der Waals surface area contributed by atoms with Crippen molar-refractivity contribution in [2.45, 2.75) is 37.8 Å². The number of rotatable bonds is 3. The Balaban J connectivity index is 2.02. The van der Waals surface area contributed by atoms with E-state index in [0.717, 1.165) is 22.9 Å². The highest BCUT2D eigenvalue weighted by atomic mass is 79.9. The summed E-state index contributed by atoms with van der Waals surface area (Å²) in [6, 6.07) is 8.23. The van der Waals surface area contributed by atoms with E-state index in [1.54, 1.807) is 0 Å². The summed E-state index contributed by atoms with van der Waals surface area (Å²) in [6.45, 7) is 0. The molecule has 1 N–H and O–H groups in total. The van der Waals surface area contributed by atoms with Crippen molar-refractivity contribution in [3.8, 4) is 0 Å². The van der Waals surface area contributed by atoms with E-state index < -0.39 is 0 Å². The maximum absolute atomic E-state index is 12.2. The van der Waals surface area contributed by atoms with Crippen LogP contribution in [0.1, 0.15) is 36.0 Å². The summed E-state index contributed by atoms with van der Waals surface area (Å²) in [4.78, 5) is 14.5. The smallest absolute Gasteiger partial charge is 0.251 e. The van der Waals surface area contributed by atoms with E-state index in [1.807, 2.05) is 24.3 Å². The summed E-state index contributed by atoms with van der Waals surface area (Å²) >= 11 is 3.38. The van der Waals surface area contributed by atoms with E-state index in [1.165, 1.54) is 12.8 Å². The van der Waals surface area contributed by atoms with E-state index in [4.69, 9.17) is 0 Å². The highest BCUT2D eigenvalue weighted by Crippen LogP contribution is 2.22. The zero-order valence-electron chi connectivity index (χ0n) is 11.5. The fourth-order valence-corrected chi connectivity index (χ4v) is 3.02. The lowest BCUT2D eigenvalue weighted by atomic mass is 9.89. The van der Waals surface area contributed by atoms with Gasteiger partial charge < -0.3 is 10.2 Å². The Morgan fingerprint density at radius 2 is 1.84 bits per heavy atom. The quantitative estimate of drug-likeness (QED) is 0.926. The summed E-state index contributed by atoms with van der Waals surface area (Å²) < 4.78 is 0.993. The molecule has 0 aliphatic heterocycles. The number of amides is 1. The second-order valence-corrected chi connectivity index (χ2v) is 6.32. The van der Waals surface area contributed by atoms with Crippen molar-refractivity contribution in [3.05, 3.63) is 34.3 Å². The molecule has 1 aromatic carbocycles. The summed E-state index contributed by atoms with van der Waals surface area (Å²) in [5.74, 6) is 0.0336. The van der Waals surface area contributed by atoms with Crippen LogP contribution in [0.5, 0.6) is 0 Å². The number of halogens is 1. The average Bonchev–Trinajstić information content (AvgIpc) is 2.39. The lowest BCUT2D eigenvalue weighted by Crippen LogP contribution is -2.51. The van der Waals surface area contributed by atoms with Crippen molar-refractivity contribution in [3.63, 3.8) is 0 Å². The van der Waals surface area contributed by atoms with E-state index in [9.17, 15) is 4.79 Å². The van der Waals surface area contributed by atoms with Crippen LogP contribution in [-0.4, -0.2) is 37.0 Å². The van der Waals surface area contributed by atoms with Gasteiger partial charge in [0.05, 0.1) is 0 Å². The van der Waals surface area contributed by atoms with Gasteiger partial charge >= 0.3 is 0 Å². The molecule has 0 spiro atoms. The molecule has 2 atom stereocenters. The third-order valence-corrected chi connectivity index (χ3v) is 4.34. The minimum Gasteiger partial charge on any atom is -0.348 e. The molecular weight excluding hydrogens is 304 g/mol. The highest BCUT2D eigenvalue weighted by Gasteiger charge is 2.28. The lowest BCUT2D eigenvalue weighted by Gasteiger charge is -2.36. The van der Waals surface area contributed by atoms with Crippen molar-refractivity contribution in [1.82, 2.24) is 10.2 Å². The van der Waals surface area contributed by atoms with Gasteiger partial charge in [0.2, 0.25) is 0 Å². The molecule has 104 valence electrons. The van der Waals surface area contributed by atoms with Gasteiger partial charge in [-0.15, -0.1) is 0 Å². The zero-order valence-corrected chi connectivity index (χ0v) is 13.1. The maximum Gasteiger partial charge on any atom is 0.251 e.